The van der Waals surface area contributed by atoms with Gasteiger partial charge >= 0.3 is 5.69 Å². The Morgan fingerprint density at radius 2 is 2.16 bits per heavy atom. The molecule has 0 saturated carbocycles. The molecule has 2 heterocycles. The number of rotatable bonds is 12. The van der Waals surface area contributed by atoms with Gasteiger partial charge in [0, 0.05) is 29.1 Å². The number of aromatic nitrogens is 2. The molecular formula is C21H34N3O5PS. The molecule has 31 heavy (non-hydrogen) atoms. The molecular weight excluding hydrogens is 437 g/mol. The molecule has 1 N–H and O–H groups in total. The molecule has 174 valence electrons. The Bertz CT molecular complexity index is 866. The monoisotopic (exact) mass is 471 g/mol. The van der Waals surface area contributed by atoms with E-state index < -0.39 is 20.3 Å². The highest BCUT2D eigenvalue weighted by atomic mass is 32.2. The highest BCUT2D eigenvalue weighted by molar-refractivity contribution is 7.99. The van der Waals surface area contributed by atoms with Crippen LogP contribution in [0.3, 0.4) is 0 Å². The van der Waals surface area contributed by atoms with E-state index in [0.717, 1.165) is 24.3 Å². The maximum atomic E-state index is 12.4. The quantitative estimate of drug-likeness (QED) is 0.361. The Morgan fingerprint density at radius 3 is 2.81 bits per heavy atom. The first-order valence-electron chi connectivity index (χ1n) is 10.8. The van der Waals surface area contributed by atoms with E-state index in [4.69, 9.17) is 19.0 Å². The van der Waals surface area contributed by atoms with Gasteiger partial charge in [0.2, 0.25) is 0 Å². The van der Waals surface area contributed by atoms with Crippen molar-refractivity contribution in [1.29, 1.82) is 5.26 Å². The van der Waals surface area contributed by atoms with Gasteiger partial charge in [-0.3, -0.25) is 14.3 Å². The van der Waals surface area contributed by atoms with Gasteiger partial charge in [0.05, 0.1) is 31.3 Å². The van der Waals surface area contributed by atoms with Crippen molar-refractivity contribution < 1.29 is 13.8 Å². The van der Waals surface area contributed by atoms with Gasteiger partial charge < -0.3 is 13.8 Å². The number of aryl methyl sites for hydroxylation is 1. The summed E-state index contributed by atoms with van der Waals surface area (Å²) < 4.78 is 20.3. The summed E-state index contributed by atoms with van der Waals surface area (Å²) in [6, 6.07) is 2.12. The van der Waals surface area contributed by atoms with Crippen LogP contribution < -0.4 is 11.2 Å². The van der Waals surface area contributed by atoms with E-state index in [1.165, 1.54) is 4.57 Å². The second-order valence-electron chi connectivity index (χ2n) is 8.21. The lowest BCUT2D eigenvalue weighted by Crippen LogP contribution is -2.33. The first-order chi connectivity index (χ1) is 14.7. The molecule has 4 atom stereocenters. The zero-order valence-electron chi connectivity index (χ0n) is 19.1. The fourth-order valence-electron chi connectivity index (χ4n) is 3.51. The highest BCUT2D eigenvalue weighted by Gasteiger charge is 2.42. The summed E-state index contributed by atoms with van der Waals surface area (Å²) in [7, 11) is -1.27. The fraction of sp³-hybridized carbons (Fsp3) is 0.762. The summed E-state index contributed by atoms with van der Waals surface area (Å²) in [6.07, 6.45) is 3.34. The Labute approximate surface area is 189 Å². The first-order valence-corrected chi connectivity index (χ1v) is 13.1. The van der Waals surface area contributed by atoms with Crippen molar-refractivity contribution in [3.63, 3.8) is 0 Å². The smallest absolute Gasteiger partial charge is 0.330 e. The average molecular weight is 472 g/mol. The lowest BCUT2D eigenvalue weighted by molar-refractivity contribution is -0.00499. The number of nitrogens with one attached hydrogen (secondary N) is 1. The minimum atomic E-state index is -1.27. The molecule has 4 unspecified atom stereocenters. The van der Waals surface area contributed by atoms with E-state index in [2.05, 4.69) is 38.7 Å². The van der Waals surface area contributed by atoms with Crippen LogP contribution in [-0.4, -0.2) is 45.0 Å². The minimum absolute atomic E-state index is 0.175. The standard InChI is InChI=1S/C21H34N3O5PS/c1-6-9-21(4,5)30(27-11-8-10-22)29-16-12-18(28-17(16)14-31-7-2)24-13-15(3)19(25)23-20(24)26/h13,16-18H,6-9,11-12,14H2,1-5H3,(H,23,25,26). The van der Waals surface area contributed by atoms with E-state index in [9.17, 15) is 9.59 Å². The van der Waals surface area contributed by atoms with Gasteiger partial charge in [-0.25, -0.2) is 4.79 Å². The third-order valence-corrected chi connectivity index (χ3v) is 8.20. The predicted molar refractivity (Wildman–Crippen MR) is 125 cm³/mol. The summed E-state index contributed by atoms with van der Waals surface area (Å²) in [6.45, 7) is 10.5. The Hall–Kier alpha value is -1.17. The molecule has 8 nitrogen and oxygen atoms in total. The number of H-pyrrole nitrogens is 1. The molecule has 0 aromatic carbocycles. The second kappa shape index (κ2) is 12.2. The molecule has 10 heteroatoms. The van der Waals surface area contributed by atoms with Gasteiger partial charge in [0.1, 0.15) is 6.23 Å². The first kappa shape index (κ1) is 26.1. The fourth-order valence-corrected chi connectivity index (χ4v) is 6.10. The third-order valence-electron chi connectivity index (χ3n) is 5.13. The average Bonchev–Trinajstić information content (AvgIpc) is 3.10. The SMILES string of the molecule is CCCC(C)(C)P(OCCC#N)OC1CC(n2cc(C)c(=O)[nH]c2=O)OC1CSCC. The van der Waals surface area contributed by atoms with Crippen molar-refractivity contribution in [1.82, 2.24) is 9.55 Å². The maximum absolute atomic E-state index is 12.4. The summed E-state index contributed by atoms with van der Waals surface area (Å²) >= 11 is 1.76. The molecule has 1 fully saturated rings. The number of hydrogen-bond donors (Lipinski definition) is 1. The van der Waals surface area contributed by atoms with E-state index in [-0.39, 0.29) is 22.9 Å². The summed E-state index contributed by atoms with van der Waals surface area (Å²) in [5.74, 6) is 1.69. The van der Waals surface area contributed by atoms with Crippen LogP contribution in [0.1, 0.15) is 65.2 Å². The van der Waals surface area contributed by atoms with Crippen LogP contribution in [0, 0.1) is 18.3 Å². The molecule has 1 aliphatic rings. The molecule has 0 bridgehead atoms. The third kappa shape index (κ3) is 7.16. The molecule has 0 radical (unpaired) electrons. The maximum Gasteiger partial charge on any atom is 0.330 e. The minimum Gasteiger partial charge on any atom is -0.351 e. The van der Waals surface area contributed by atoms with Gasteiger partial charge in [-0.05, 0) is 19.1 Å². The molecule has 1 aromatic rings. The number of nitrogens with zero attached hydrogens (tertiary/aromatic N) is 2. The van der Waals surface area contributed by atoms with E-state index in [1.807, 2.05) is 0 Å². The molecule has 1 aromatic heterocycles. The van der Waals surface area contributed by atoms with Crippen molar-refractivity contribution in [2.75, 3.05) is 18.1 Å². The van der Waals surface area contributed by atoms with E-state index in [0.29, 0.717) is 25.0 Å². The Morgan fingerprint density at radius 1 is 1.42 bits per heavy atom. The van der Waals surface area contributed by atoms with Crippen molar-refractivity contribution >= 4 is 20.1 Å². The van der Waals surface area contributed by atoms with Gasteiger partial charge in [0.15, 0.2) is 8.38 Å². The molecule has 1 aliphatic heterocycles. The zero-order chi connectivity index (χ0) is 23.0. The van der Waals surface area contributed by atoms with Gasteiger partial charge in [0.25, 0.3) is 5.56 Å². The van der Waals surface area contributed by atoms with Crippen LogP contribution in [0.2, 0.25) is 0 Å². The summed E-state index contributed by atoms with van der Waals surface area (Å²) in [5.41, 5.74) is -0.416. The highest BCUT2D eigenvalue weighted by Crippen LogP contribution is 2.56. The van der Waals surface area contributed by atoms with Crippen molar-refractivity contribution in [2.45, 2.75) is 83.9 Å². The summed E-state index contributed by atoms with van der Waals surface area (Å²) in [5, 5.41) is 8.72. The number of aromatic amines is 1. The van der Waals surface area contributed by atoms with E-state index >= 15 is 0 Å². The van der Waals surface area contributed by atoms with Gasteiger partial charge in [-0.15, -0.1) is 0 Å². The number of nitriles is 1. The molecule has 0 aliphatic carbocycles. The molecule has 0 amide bonds. The van der Waals surface area contributed by atoms with Crippen LogP contribution in [0.5, 0.6) is 0 Å². The Kier molecular flexibility index (Phi) is 10.2. The largest absolute Gasteiger partial charge is 0.351 e. The second-order valence-corrected chi connectivity index (χ2v) is 11.7. The molecule has 2 rings (SSSR count). The molecule has 0 spiro atoms. The topological polar surface area (TPSA) is 106 Å². The lowest BCUT2D eigenvalue weighted by Gasteiger charge is -2.35. The van der Waals surface area contributed by atoms with Crippen LogP contribution in [-0.2, 0) is 13.8 Å². The Balaban J connectivity index is 2.25. The molecule has 1 saturated heterocycles. The predicted octanol–water partition coefficient (Wildman–Crippen LogP) is 4.09. The van der Waals surface area contributed by atoms with Crippen LogP contribution >= 0.6 is 20.1 Å². The van der Waals surface area contributed by atoms with Crippen molar-refractivity contribution in [3.8, 4) is 6.07 Å². The van der Waals surface area contributed by atoms with Crippen LogP contribution in [0.25, 0.3) is 0 Å². The van der Waals surface area contributed by atoms with Gasteiger partial charge in [-0.2, -0.15) is 17.0 Å². The normalized spacial score (nSPS) is 22.4. The van der Waals surface area contributed by atoms with Crippen LogP contribution in [0.15, 0.2) is 15.8 Å². The van der Waals surface area contributed by atoms with E-state index in [1.54, 1.807) is 24.9 Å². The lowest BCUT2D eigenvalue weighted by atomic mass is 10.1. The zero-order valence-corrected chi connectivity index (χ0v) is 20.8. The number of hydrogen-bond acceptors (Lipinski definition) is 7. The number of ether oxygens (including phenoxy) is 1. The van der Waals surface area contributed by atoms with Crippen LogP contribution in [0.4, 0.5) is 0 Å². The number of thioether (sulfide) groups is 1. The van der Waals surface area contributed by atoms with Crippen molar-refractivity contribution in [2.24, 2.45) is 0 Å². The summed E-state index contributed by atoms with van der Waals surface area (Å²) in [4.78, 5) is 26.5. The van der Waals surface area contributed by atoms with Gasteiger partial charge in [-0.1, -0.05) is 34.1 Å². The van der Waals surface area contributed by atoms with Crippen molar-refractivity contribution in [3.05, 3.63) is 32.6 Å².